The van der Waals surface area contributed by atoms with Gasteiger partial charge in [0.1, 0.15) is 5.69 Å². The lowest BCUT2D eigenvalue weighted by Gasteiger charge is -2.05. The van der Waals surface area contributed by atoms with E-state index in [-0.39, 0.29) is 0 Å². The molecule has 0 saturated heterocycles. The molecule has 0 saturated carbocycles. The molecule has 80 valence electrons. The number of rotatable bonds is 2. The number of aromatic nitrogens is 3. The van der Waals surface area contributed by atoms with E-state index < -0.39 is 34.4 Å². The molecule has 1 atom stereocenters. The van der Waals surface area contributed by atoms with E-state index in [0.717, 1.165) is 0 Å². The molecule has 1 unspecified atom stereocenters. The van der Waals surface area contributed by atoms with Crippen molar-refractivity contribution in [2.24, 2.45) is 7.05 Å². The predicted molar refractivity (Wildman–Crippen MR) is 38.6 cm³/mol. The van der Waals surface area contributed by atoms with Crippen LogP contribution in [0, 0.1) is 0 Å². The Bertz CT molecular complexity index is 362. The fraction of sp³-hybridized carbons (Fsp3) is 0.600. The van der Waals surface area contributed by atoms with Crippen LogP contribution in [0.15, 0.2) is 0 Å². The standard InChI is InChI=1S/C5H6F3N3O2S/c1-11-9-3(2-14(12)13)4(10-11)5(6,7)8/h2H2,1H3,(H,12,13)/p-1. The Morgan fingerprint density at radius 3 is 2.50 bits per heavy atom. The molecule has 0 amide bonds. The van der Waals surface area contributed by atoms with Gasteiger partial charge in [0.05, 0.1) is 5.75 Å². The van der Waals surface area contributed by atoms with Gasteiger partial charge in [0, 0.05) is 7.05 Å². The average molecular weight is 228 g/mol. The van der Waals surface area contributed by atoms with Crippen LogP contribution in [0.4, 0.5) is 13.2 Å². The highest BCUT2D eigenvalue weighted by atomic mass is 32.2. The van der Waals surface area contributed by atoms with Gasteiger partial charge in [0.15, 0.2) is 5.69 Å². The largest absolute Gasteiger partial charge is 0.772 e. The summed E-state index contributed by atoms with van der Waals surface area (Å²) in [5.41, 5.74) is -1.85. The van der Waals surface area contributed by atoms with Crippen molar-refractivity contribution in [2.75, 3.05) is 0 Å². The Morgan fingerprint density at radius 1 is 1.50 bits per heavy atom. The number of alkyl halides is 3. The molecule has 0 aromatic carbocycles. The van der Waals surface area contributed by atoms with E-state index in [1.807, 2.05) is 0 Å². The van der Waals surface area contributed by atoms with Crippen LogP contribution in [0.25, 0.3) is 0 Å². The molecule has 1 rings (SSSR count). The van der Waals surface area contributed by atoms with E-state index in [2.05, 4.69) is 10.2 Å². The number of hydrogen-bond acceptors (Lipinski definition) is 4. The third-order valence-corrected chi connectivity index (χ3v) is 1.82. The van der Waals surface area contributed by atoms with E-state index in [9.17, 15) is 21.9 Å². The van der Waals surface area contributed by atoms with Gasteiger partial charge < -0.3 is 4.55 Å². The van der Waals surface area contributed by atoms with Crippen LogP contribution in [-0.2, 0) is 30.1 Å². The van der Waals surface area contributed by atoms with Gasteiger partial charge in [0.25, 0.3) is 0 Å². The van der Waals surface area contributed by atoms with Crippen LogP contribution in [0.3, 0.4) is 0 Å². The third-order valence-electron chi connectivity index (χ3n) is 1.31. The van der Waals surface area contributed by atoms with Gasteiger partial charge in [-0.3, -0.25) is 4.21 Å². The van der Waals surface area contributed by atoms with Gasteiger partial charge in [-0.2, -0.15) is 23.1 Å². The van der Waals surface area contributed by atoms with Crippen LogP contribution in [0.5, 0.6) is 0 Å². The minimum Gasteiger partial charge on any atom is -0.772 e. The van der Waals surface area contributed by atoms with Gasteiger partial charge >= 0.3 is 6.18 Å². The molecule has 9 heteroatoms. The lowest BCUT2D eigenvalue weighted by atomic mass is 10.3. The van der Waals surface area contributed by atoms with E-state index >= 15 is 0 Å². The van der Waals surface area contributed by atoms with Gasteiger partial charge in [-0.25, -0.2) is 0 Å². The average Bonchev–Trinajstić information content (AvgIpc) is 2.28. The maximum Gasteiger partial charge on any atom is 0.437 e. The summed E-state index contributed by atoms with van der Waals surface area (Å²) < 4.78 is 57.0. The van der Waals surface area contributed by atoms with E-state index in [1.54, 1.807) is 0 Å². The Hall–Kier alpha value is -0.960. The zero-order valence-corrected chi connectivity index (χ0v) is 7.72. The Labute approximate surface area is 79.2 Å². The van der Waals surface area contributed by atoms with E-state index in [1.165, 1.54) is 7.05 Å². The first-order valence-electron chi connectivity index (χ1n) is 3.34. The number of hydrogen-bond donors (Lipinski definition) is 0. The van der Waals surface area contributed by atoms with Crippen molar-refractivity contribution < 1.29 is 21.9 Å². The zero-order chi connectivity index (χ0) is 10.9. The SMILES string of the molecule is Cn1nc(CS(=O)[O-])c(C(F)(F)F)n1. The first kappa shape index (κ1) is 11.1. The molecule has 1 aromatic heterocycles. The number of aryl methyl sites for hydroxylation is 1. The quantitative estimate of drug-likeness (QED) is 0.678. The van der Waals surface area contributed by atoms with Gasteiger partial charge in [0.2, 0.25) is 0 Å². The van der Waals surface area contributed by atoms with Crippen molar-refractivity contribution in [3.63, 3.8) is 0 Å². The second kappa shape index (κ2) is 3.65. The summed E-state index contributed by atoms with van der Waals surface area (Å²) in [7, 11) is 1.19. The molecule has 0 fully saturated rings. The first-order chi connectivity index (χ1) is 6.30. The first-order valence-corrected chi connectivity index (χ1v) is 4.58. The van der Waals surface area contributed by atoms with Crippen molar-refractivity contribution in [1.82, 2.24) is 15.0 Å². The van der Waals surface area contributed by atoms with Crippen LogP contribution in [-0.4, -0.2) is 23.8 Å². The van der Waals surface area contributed by atoms with Gasteiger partial charge in [-0.15, -0.1) is 5.10 Å². The highest BCUT2D eigenvalue weighted by molar-refractivity contribution is 7.78. The molecule has 0 radical (unpaired) electrons. The van der Waals surface area contributed by atoms with Gasteiger partial charge in [-0.1, -0.05) is 0 Å². The molecule has 0 N–H and O–H groups in total. The highest BCUT2D eigenvalue weighted by Gasteiger charge is 2.37. The molecule has 1 aromatic rings. The Balaban J connectivity index is 3.09. The molecule has 5 nitrogen and oxygen atoms in total. The van der Waals surface area contributed by atoms with Crippen molar-refractivity contribution in [3.8, 4) is 0 Å². The van der Waals surface area contributed by atoms with Crippen LogP contribution in [0.1, 0.15) is 11.4 Å². The Morgan fingerprint density at radius 2 is 2.07 bits per heavy atom. The van der Waals surface area contributed by atoms with Gasteiger partial charge in [-0.05, 0) is 11.1 Å². The number of halogens is 3. The molecule has 0 aliphatic rings. The number of nitrogens with zero attached hydrogens (tertiary/aromatic N) is 3. The second-order valence-corrected chi connectivity index (χ2v) is 3.33. The molecule has 14 heavy (non-hydrogen) atoms. The predicted octanol–water partition coefficient (Wildman–Crippen LogP) is 0.213. The normalized spacial score (nSPS) is 14.4. The summed E-state index contributed by atoms with van der Waals surface area (Å²) in [6, 6.07) is 0. The molecule has 0 spiro atoms. The monoisotopic (exact) mass is 228 g/mol. The van der Waals surface area contributed by atoms with Crippen LogP contribution >= 0.6 is 0 Å². The van der Waals surface area contributed by atoms with Crippen molar-refractivity contribution >= 4 is 11.1 Å². The maximum absolute atomic E-state index is 12.2. The zero-order valence-electron chi connectivity index (χ0n) is 6.91. The fourth-order valence-electron chi connectivity index (χ4n) is 0.876. The molecular weight excluding hydrogens is 223 g/mol. The summed E-state index contributed by atoms with van der Waals surface area (Å²) in [6.07, 6.45) is -4.68. The topological polar surface area (TPSA) is 70.8 Å². The van der Waals surface area contributed by atoms with Crippen molar-refractivity contribution in [3.05, 3.63) is 11.4 Å². The van der Waals surface area contributed by atoms with Crippen LogP contribution in [0.2, 0.25) is 0 Å². The smallest absolute Gasteiger partial charge is 0.437 e. The summed E-state index contributed by atoms with van der Waals surface area (Å²) in [6.45, 7) is 0. The lowest BCUT2D eigenvalue weighted by Crippen LogP contribution is -2.10. The minimum atomic E-state index is -4.68. The molecule has 0 aliphatic carbocycles. The molecular formula is C5H5F3N3O2S-. The Kier molecular flexibility index (Phi) is 2.90. The third kappa shape index (κ3) is 2.51. The van der Waals surface area contributed by atoms with Crippen molar-refractivity contribution in [1.29, 1.82) is 0 Å². The highest BCUT2D eigenvalue weighted by Crippen LogP contribution is 2.29. The summed E-state index contributed by atoms with van der Waals surface area (Å²) in [5, 5.41) is 6.35. The molecule has 0 bridgehead atoms. The fourth-order valence-corrected chi connectivity index (χ4v) is 1.29. The van der Waals surface area contributed by atoms with Crippen molar-refractivity contribution in [2.45, 2.75) is 11.9 Å². The minimum absolute atomic E-state index is 0.590. The second-order valence-electron chi connectivity index (χ2n) is 2.43. The summed E-state index contributed by atoms with van der Waals surface area (Å²) in [4.78, 5) is 0.686. The summed E-state index contributed by atoms with van der Waals surface area (Å²) in [5.74, 6) is -0.789. The van der Waals surface area contributed by atoms with E-state index in [4.69, 9.17) is 0 Å². The van der Waals surface area contributed by atoms with Crippen LogP contribution < -0.4 is 0 Å². The summed E-state index contributed by atoms with van der Waals surface area (Å²) >= 11 is -2.61. The maximum atomic E-state index is 12.2. The molecule has 1 heterocycles. The van der Waals surface area contributed by atoms with E-state index in [0.29, 0.717) is 4.80 Å². The lowest BCUT2D eigenvalue weighted by molar-refractivity contribution is -0.141. The molecule has 0 aliphatic heterocycles.